The number of aromatic hydroxyl groups is 1. The van der Waals surface area contributed by atoms with Gasteiger partial charge in [0.15, 0.2) is 12.9 Å². The molecule has 0 aromatic heterocycles. The second-order valence-corrected chi connectivity index (χ2v) is 8.87. The van der Waals surface area contributed by atoms with Crippen molar-refractivity contribution in [2.75, 3.05) is 26.9 Å². The zero-order valence-corrected chi connectivity index (χ0v) is 23.8. The summed E-state index contributed by atoms with van der Waals surface area (Å²) in [5.41, 5.74) is 1.19. The van der Waals surface area contributed by atoms with Crippen LogP contribution in [-0.2, 0) is 39.9 Å². The van der Waals surface area contributed by atoms with E-state index in [1.807, 2.05) is 0 Å². The smallest absolute Gasteiger partial charge is 0.328 e. The quantitative estimate of drug-likeness (QED) is 0.169. The van der Waals surface area contributed by atoms with Crippen LogP contribution in [0.4, 0.5) is 0 Å². The fourth-order valence-corrected chi connectivity index (χ4v) is 3.70. The summed E-state index contributed by atoms with van der Waals surface area (Å²) in [7, 11) is 1.39. The van der Waals surface area contributed by atoms with Gasteiger partial charge in [-0.15, -0.1) is 0 Å². The van der Waals surface area contributed by atoms with Crippen molar-refractivity contribution in [3.05, 3.63) is 65.7 Å². The van der Waals surface area contributed by atoms with E-state index in [4.69, 9.17) is 15.6 Å². The summed E-state index contributed by atoms with van der Waals surface area (Å²) in [5.74, 6) is -3.52. The molecule has 12 nitrogen and oxygen atoms in total. The molecule has 0 bridgehead atoms. The SMILES string of the molecule is [2H]N(C(=O)CNC(=O)/C=C/c1ccc(O)c(OC)c1)[C@@H](Cc1ccccc1)C(=O)N[C@@H](CCC(=O)OCC)C(=O)OCC. The summed E-state index contributed by atoms with van der Waals surface area (Å²) in [6.07, 6.45) is 2.27. The first-order valence-electron chi connectivity index (χ1n) is 13.8. The van der Waals surface area contributed by atoms with E-state index in [9.17, 15) is 29.1 Å². The van der Waals surface area contributed by atoms with Crippen molar-refractivity contribution >= 4 is 35.7 Å². The van der Waals surface area contributed by atoms with Crippen LogP contribution in [0.5, 0.6) is 11.5 Å². The molecule has 226 valence electrons. The van der Waals surface area contributed by atoms with Crippen molar-refractivity contribution in [3.63, 3.8) is 0 Å². The molecule has 2 rings (SSSR count). The summed E-state index contributed by atoms with van der Waals surface area (Å²) in [4.78, 5) is 63.0. The lowest BCUT2D eigenvalue weighted by atomic mass is 10.0. The first kappa shape index (κ1) is 31.7. The number of hydrogen-bond donors (Lipinski definition) is 4. The number of rotatable bonds is 16. The van der Waals surface area contributed by atoms with Crippen LogP contribution >= 0.6 is 0 Å². The maximum Gasteiger partial charge on any atom is 0.328 e. The minimum absolute atomic E-state index is 0.0372. The van der Waals surface area contributed by atoms with Gasteiger partial charge in [-0.3, -0.25) is 19.2 Å². The first-order chi connectivity index (χ1) is 20.6. The number of benzene rings is 2. The molecule has 0 aliphatic carbocycles. The Morgan fingerprint density at radius 2 is 1.71 bits per heavy atom. The van der Waals surface area contributed by atoms with E-state index >= 15 is 0 Å². The maximum absolute atomic E-state index is 13.4. The molecule has 4 N–H and O–H groups in total. The molecule has 0 saturated heterocycles. The number of methoxy groups -OCH3 is 1. The van der Waals surface area contributed by atoms with Crippen LogP contribution in [0.2, 0.25) is 1.41 Å². The molecule has 0 fully saturated rings. The van der Waals surface area contributed by atoms with Crippen LogP contribution < -0.4 is 20.7 Å². The highest BCUT2D eigenvalue weighted by atomic mass is 16.5. The topological polar surface area (TPSA) is 169 Å². The highest BCUT2D eigenvalue weighted by Crippen LogP contribution is 2.26. The largest absolute Gasteiger partial charge is 0.504 e. The highest BCUT2D eigenvalue weighted by molar-refractivity contribution is 5.96. The van der Waals surface area contributed by atoms with Gasteiger partial charge in [0.25, 0.3) is 0 Å². The molecule has 12 heteroatoms. The Labute approximate surface area is 245 Å². The number of phenolic OH excluding ortho intramolecular Hbond substituents is 1. The number of ether oxygens (including phenoxy) is 3. The monoisotopic (exact) mass is 584 g/mol. The number of phenols is 1. The summed E-state index contributed by atoms with van der Waals surface area (Å²) >= 11 is 0. The van der Waals surface area contributed by atoms with Crippen molar-refractivity contribution < 1.29 is 44.7 Å². The van der Waals surface area contributed by atoms with Crippen LogP contribution in [0.15, 0.2) is 54.6 Å². The second kappa shape index (κ2) is 17.7. The van der Waals surface area contributed by atoms with Gasteiger partial charge in [0.05, 0.1) is 26.9 Å². The molecule has 42 heavy (non-hydrogen) atoms. The Hall–Kier alpha value is -4.87. The van der Waals surface area contributed by atoms with E-state index in [2.05, 4.69) is 10.6 Å². The van der Waals surface area contributed by atoms with Gasteiger partial charge in [0.1, 0.15) is 12.1 Å². The molecule has 2 aromatic carbocycles. The molecular weight excluding hydrogens is 546 g/mol. The van der Waals surface area contributed by atoms with Gasteiger partial charge >= 0.3 is 11.9 Å². The van der Waals surface area contributed by atoms with Gasteiger partial charge in [-0.2, -0.15) is 0 Å². The van der Waals surface area contributed by atoms with Crippen molar-refractivity contribution in [2.45, 2.75) is 45.2 Å². The third kappa shape index (κ3) is 11.7. The van der Waals surface area contributed by atoms with Crippen LogP contribution in [0.3, 0.4) is 0 Å². The third-order valence-electron chi connectivity index (χ3n) is 5.75. The molecular formula is C30H37N3O9. The van der Waals surface area contributed by atoms with Gasteiger partial charge in [0.2, 0.25) is 17.7 Å². The van der Waals surface area contributed by atoms with Crippen molar-refractivity contribution in [1.29, 1.82) is 0 Å². The lowest BCUT2D eigenvalue weighted by Crippen LogP contribution is -2.54. The van der Waals surface area contributed by atoms with Crippen molar-refractivity contribution in [3.8, 4) is 11.5 Å². The van der Waals surface area contributed by atoms with Crippen molar-refractivity contribution in [2.24, 2.45) is 0 Å². The molecule has 0 aliphatic heterocycles. The Morgan fingerprint density at radius 1 is 1.00 bits per heavy atom. The zero-order valence-electron chi connectivity index (χ0n) is 24.8. The number of esters is 2. The zero-order chi connectivity index (χ0) is 31.8. The lowest BCUT2D eigenvalue weighted by Gasteiger charge is -2.22. The second-order valence-electron chi connectivity index (χ2n) is 8.87. The Balaban J connectivity index is 2.14. The Morgan fingerprint density at radius 3 is 2.38 bits per heavy atom. The fourth-order valence-electron chi connectivity index (χ4n) is 3.70. The molecule has 0 aliphatic rings. The van der Waals surface area contributed by atoms with Crippen molar-refractivity contribution in [1.82, 2.24) is 15.9 Å². The van der Waals surface area contributed by atoms with Crippen LogP contribution in [0.25, 0.3) is 6.08 Å². The summed E-state index contributed by atoms with van der Waals surface area (Å²) in [5, 5.41) is 15.0. The molecule has 0 spiro atoms. The molecule has 2 atom stereocenters. The predicted octanol–water partition coefficient (Wildman–Crippen LogP) is 1.65. The van der Waals surface area contributed by atoms with E-state index in [0.29, 0.717) is 16.4 Å². The van der Waals surface area contributed by atoms with Crippen LogP contribution in [-0.4, -0.2) is 73.7 Å². The minimum atomic E-state index is -1.38. The summed E-state index contributed by atoms with van der Waals surface area (Å²) < 4.78 is 23.4. The van der Waals surface area contributed by atoms with Crippen LogP contribution in [0, 0.1) is 0 Å². The third-order valence-corrected chi connectivity index (χ3v) is 5.75. The molecule has 0 saturated carbocycles. The molecule has 0 unspecified atom stereocenters. The first-order valence-corrected chi connectivity index (χ1v) is 13.4. The minimum Gasteiger partial charge on any atom is -0.504 e. The van der Waals surface area contributed by atoms with Gasteiger partial charge in [-0.05, 0) is 49.6 Å². The van der Waals surface area contributed by atoms with Gasteiger partial charge < -0.3 is 35.3 Å². The maximum atomic E-state index is 13.4. The number of carbonyl (C=O) groups excluding carboxylic acids is 5. The standard InChI is InChI=1S/C30H37N3O9/c1-4-41-28(37)16-13-22(30(39)42-5-2)33-29(38)23(17-20-9-7-6-8-10-20)32-27(36)19-31-26(35)15-12-21-11-14-24(34)25(18-21)40-3/h6-12,14-15,18,22-23,34H,4-5,13,16-17,19H2,1-3H3,(H,31,35)(H,32,36)(H,33,38)/b15-12+/t22-,23-/m0/s1/i/hD. The molecule has 0 heterocycles. The number of carbonyl (C=O) groups is 5. The molecule has 3 amide bonds. The average Bonchev–Trinajstić information content (AvgIpc) is 3.00. The lowest BCUT2D eigenvalue weighted by molar-refractivity contribution is -0.149. The van der Waals surface area contributed by atoms with Gasteiger partial charge in [0, 0.05) is 18.9 Å². The Bertz CT molecular complexity index is 1290. The Kier molecular flexibility index (Phi) is 13.4. The van der Waals surface area contributed by atoms with Gasteiger partial charge in [-0.25, -0.2) is 4.79 Å². The fraction of sp³-hybridized carbons (Fsp3) is 0.367. The number of hydrogen-bond acceptors (Lipinski definition) is 9. The molecule has 2 aromatic rings. The normalized spacial score (nSPS) is 12.4. The van der Waals surface area contributed by atoms with E-state index in [-0.39, 0.29) is 44.0 Å². The van der Waals surface area contributed by atoms with E-state index in [1.54, 1.807) is 50.2 Å². The highest BCUT2D eigenvalue weighted by Gasteiger charge is 2.28. The van der Waals surface area contributed by atoms with E-state index in [1.165, 1.54) is 25.3 Å². The van der Waals surface area contributed by atoms with Crippen LogP contribution in [0.1, 0.15) is 37.8 Å². The van der Waals surface area contributed by atoms with E-state index in [0.717, 1.165) is 6.08 Å². The average molecular weight is 585 g/mol. The number of amides is 3. The molecule has 0 radical (unpaired) electrons. The van der Waals surface area contributed by atoms with E-state index < -0.39 is 48.3 Å². The summed E-state index contributed by atoms with van der Waals surface area (Å²) in [6, 6.07) is 10.5. The number of nitrogens with one attached hydrogen (secondary N) is 3. The summed E-state index contributed by atoms with van der Waals surface area (Å²) in [6.45, 7) is 2.84. The van der Waals surface area contributed by atoms with Gasteiger partial charge in [-0.1, -0.05) is 36.4 Å². The predicted molar refractivity (Wildman–Crippen MR) is 153 cm³/mol.